The largest absolute Gasteiger partial charge is 0.377 e. The highest BCUT2D eigenvalue weighted by Crippen LogP contribution is 2.28. The monoisotopic (exact) mass is 577 g/mol. The Balaban J connectivity index is 1.56. The van der Waals surface area contributed by atoms with Crippen LogP contribution >= 0.6 is 0 Å². The van der Waals surface area contributed by atoms with Gasteiger partial charge in [-0.1, -0.05) is 19.4 Å². The Kier molecular flexibility index (Phi) is 9.49. The quantitative estimate of drug-likeness (QED) is 0.456. The first-order valence-corrected chi connectivity index (χ1v) is 16.5. The first-order valence-electron chi connectivity index (χ1n) is 13.6. The predicted molar refractivity (Wildman–Crippen MR) is 151 cm³/mol. The molecule has 39 heavy (non-hydrogen) atoms. The third-order valence-electron chi connectivity index (χ3n) is 7.37. The van der Waals surface area contributed by atoms with E-state index in [9.17, 15) is 21.6 Å². The van der Waals surface area contributed by atoms with Crippen molar-refractivity contribution in [3.8, 4) is 0 Å². The summed E-state index contributed by atoms with van der Waals surface area (Å²) in [6, 6.07) is 10.9. The summed E-state index contributed by atoms with van der Waals surface area (Å²) in [4.78, 5) is 13.0. The maximum atomic E-state index is 13.7. The second kappa shape index (κ2) is 12.5. The van der Waals surface area contributed by atoms with E-state index in [1.54, 1.807) is 4.31 Å². The molecule has 2 fully saturated rings. The number of piperidine rings is 1. The summed E-state index contributed by atoms with van der Waals surface area (Å²) in [7, 11) is -7.86. The molecule has 0 unspecified atom stereocenters. The van der Waals surface area contributed by atoms with Gasteiger partial charge in [0, 0.05) is 31.4 Å². The summed E-state index contributed by atoms with van der Waals surface area (Å²) in [6.07, 6.45) is 4.59. The zero-order valence-corrected chi connectivity index (χ0v) is 24.6. The molecule has 214 valence electrons. The van der Waals surface area contributed by atoms with E-state index in [0.29, 0.717) is 25.3 Å². The molecule has 1 amide bonds. The van der Waals surface area contributed by atoms with Gasteiger partial charge in [0.05, 0.1) is 22.4 Å². The lowest BCUT2D eigenvalue weighted by molar-refractivity contribution is -0.116. The first kappa shape index (κ1) is 29.7. The van der Waals surface area contributed by atoms with Crippen LogP contribution in [0.5, 0.6) is 0 Å². The van der Waals surface area contributed by atoms with Crippen LogP contribution < -0.4 is 5.32 Å². The van der Waals surface area contributed by atoms with Crippen LogP contribution in [0.4, 0.5) is 5.69 Å². The van der Waals surface area contributed by atoms with E-state index in [4.69, 9.17) is 4.74 Å². The number of carbonyl (C=O) groups excluding carboxylic acids is 1. The fraction of sp³-hybridized carbons (Fsp3) is 0.536. The zero-order chi connectivity index (χ0) is 28.2. The van der Waals surface area contributed by atoms with Crippen molar-refractivity contribution in [3.63, 3.8) is 0 Å². The molecule has 4 rings (SSSR count). The Morgan fingerprint density at radius 3 is 2.26 bits per heavy atom. The first-order chi connectivity index (χ1) is 18.5. The summed E-state index contributed by atoms with van der Waals surface area (Å²) in [5.74, 6) is -0.462. The van der Waals surface area contributed by atoms with Gasteiger partial charge >= 0.3 is 0 Å². The Bertz CT molecular complexity index is 1350. The van der Waals surface area contributed by atoms with Crippen molar-refractivity contribution < 1.29 is 26.4 Å². The number of rotatable bonds is 10. The minimum Gasteiger partial charge on any atom is -0.377 e. The van der Waals surface area contributed by atoms with Crippen LogP contribution in [0.2, 0.25) is 0 Å². The molecule has 2 atom stereocenters. The second-order valence-electron chi connectivity index (χ2n) is 10.5. The molecule has 9 nitrogen and oxygen atoms in total. The van der Waals surface area contributed by atoms with Crippen molar-refractivity contribution >= 4 is 31.6 Å². The van der Waals surface area contributed by atoms with Gasteiger partial charge < -0.3 is 10.1 Å². The molecule has 2 heterocycles. The Morgan fingerprint density at radius 1 is 0.974 bits per heavy atom. The van der Waals surface area contributed by atoms with Gasteiger partial charge in [0.25, 0.3) is 0 Å². The number of nitrogens with zero attached hydrogens (tertiary/aromatic N) is 2. The van der Waals surface area contributed by atoms with Crippen LogP contribution in [0.3, 0.4) is 0 Å². The molecule has 0 radical (unpaired) electrons. The van der Waals surface area contributed by atoms with Gasteiger partial charge in [0.15, 0.2) is 0 Å². The average Bonchev–Trinajstić information content (AvgIpc) is 3.41. The maximum Gasteiger partial charge on any atom is 0.243 e. The second-order valence-corrected chi connectivity index (χ2v) is 14.3. The van der Waals surface area contributed by atoms with Crippen LogP contribution in [-0.4, -0.2) is 69.7 Å². The minimum absolute atomic E-state index is 0.0363. The summed E-state index contributed by atoms with van der Waals surface area (Å²) < 4.78 is 62.5. The van der Waals surface area contributed by atoms with Crippen LogP contribution in [-0.2, 0) is 29.6 Å². The van der Waals surface area contributed by atoms with E-state index in [1.807, 2.05) is 39.0 Å². The van der Waals surface area contributed by atoms with Crippen molar-refractivity contribution in [2.75, 3.05) is 31.6 Å². The highest BCUT2D eigenvalue weighted by Gasteiger charge is 2.34. The molecule has 0 saturated carbocycles. The van der Waals surface area contributed by atoms with Crippen molar-refractivity contribution in [1.82, 2.24) is 8.61 Å². The van der Waals surface area contributed by atoms with Gasteiger partial charge in [-0.3, -0.25) is 4.79 Å². The molecular formula is C28H39N3O6S2. The minimum atomic E-state index is -4.11. The van der Waals surface area contributed by atoms with Crippen molar-refractivity contribution in [3.05, 3.63) is 53.6 Å². The van der Waals surface area contributed by atoms with Gasteiger partial charge in [0.2, 0.25) is 26.0 Å². The summed E-state index contributed by atoms with van der Waals surface area (Å²) in [5, 5.41) is 2.81. The van der Waals surface area contributed by atoms with E-state index < -0.39 is 26.0 Å². The molecule has 2 aliphatic rings. The van der Waals surface area contributed by atoms with Gasteiger partial charge in [-0.05, 0) is 93.5 Å². The molecule has 1 N–H and O–H groups in total. The fourth-order valence-electron chi connectivity index (χ4n) is 5.44. The maximum absolute atomic E-state index is 13.7. The van der Waals surface area contributed by atoms with Crippen molar-refractivity contribution in [2.45, 2.75) is 81.2 Å². The zero-order valence-electron chi connectivity index (χ0n) is 22.9. The number of hydrogen-bond donors (Lipinski definition) is 1. The lowest BCUT2D eigenvalue weighted by Gasteiger charge is -2.34. The number of sulfonamides is 2. The fourth-order valence-corrected chi connectivity index (χ4v) is 8.63. The normalized spacial score (nSPS) is 20.8. The number of benzene rings is 2. The molecule has 2 aliphatic heterocycles. The van der Waals surface area contributed by atoms with Gasteiger partial charge in [-0.2, -0.15) is 8.61 Å². The molecule has 2 aromatic carbocycles. The van der Waals surface area contributed by atoms with Crippen LogP contribution in [0, 0.1) is 13.8 Å². The molecule has 0 aromatic heterocycles. The number of aryl methyl sites for hydroxylation is 2. The molecule has 0 bridgehead atoms. The Morgan fingerprint density at radius 2 is 1.64 bits per heavy atom. The molecule has 11 heteroatoms. The smallest absolute Gasteiger partial charge is 0.243 e. The molecule has 0 aliphatic carbocycles. The molecule has 2 aromatic rings. The average molecular weight is 578 g/mol. The van der Waals surface area contributed by atoms with Crippen LogP contribution in [0.25, 0.3) is 0 Å². The number of hydrogen-bond acceptors (Lipinski definition) is 6. The topological polar surface area (TPSA) is 113 Å². The summed E-state index contributed by atoms with van der Waals surface area (Å²) in [5.41, 5.74) is 2.57. The third kappa shape index (κ3) is 7.07. The van der Waals surface area contributed by atoms with Gasteiger partial charge in [-0.15, -0.1) is 0 Å². The molecule has 2 saturated heterocycles. The van der Waals surface area contributed by atoms with E-state index >= 15 is 0 Å². The SMILES string of the molecule is CC[C@@H]1CCCCN1S(=O)(=O)c1ccc(S(=O)(=O)N(CC(=O)Nc2cc(C)cc(C)c2)C[C@H]2CCCO2)cc1. The Hall–Kier alpha value is -2.31. The number of ether oxygens (including phenoxy) is 1. The van der Waals surface area contributed by atoms with Gasteiger partial charge in [0.1, 0.15) is 0 Å². The number of amides is 1. The lowest BCUT2D eigenvalue weighted by Crippen LogP contribution is -2.43. The van der Waals surface area contributed by atoms with E-state index in [2.05, 4.69) is 5.32 Å². The van der Waals surface area contributed by atoms with Crippen molar-refractivity contribution in [1.29, 1.82) is 0 Å². The molecule has 0 spiro atoms. The summed E-state index contributed by atoms with van der Waals surface area (Å²) in [6.45, 7) is 6.49. The highest BCUT2D eigenvalue weighted by molar-refractivity contribution is 7.89. The predicted octanol–water partition coefficient (Wildman–Crippen LogP) is 4.07. The number of nitrogens with one attached hydrogen (secondary N) is 1. The Labute approximate surface area is 232 Å². The van der Waals surface area contributed by atoms with Crippen molar-refractivity contribution in [2.24, 2.45) is 0 Å². The molecular weight excluding hydrogens is 538 g/mol. The van der Waals surface area contributed by atoms with Crippen LogP contribution in [0.1, 0.15) is 56.6 Å². The van der Waals surface area contributed by atoms with Crippen LogP contribution in [0.15, 0.2) is 52.3 Å². The van der Waals surface area contributed by atoms with E-state index in [1.165, 1.54) is 24.3 Å². The van der Waals surface area contributed by atoms with E-state index in [-0.39, 0.29) is 35.0 Å². The lowest BCUT2D eigenvalue weighted by atomic mass is 10.0. The highest BCUT2D eigenvalue weighted by atomic mass is 32.2. The third-order valence-corrected chi connectivity index (χ3v) is 11.2. The van der Waals surface area contributed by atoms with Gasteiger partial charge in [-0.25, -0.2) is 16.8 Å². The number of anilines is 1. The summed E-state index contributed by atoms with van der Waals surface area (Å²) >= 11 is 0. The number of carbonyl (C=O) groups is 1. The standard InChI is InChI=1S/C28H39N3O6S2/c1-4-24-8-5-6-14-31(24)39(35,36)27-12-10-26(11-13-27)38(33,34)30(19-25-9-7-15-37-25)20-28(32)29-23-17-21(2)16-22(3)18-23/h10-13,16-18,24-25H,4-9,14-15,19-20H2,1-3H3,(H,29,32)/t24-,25-/m1/s1. The van der Waals surface area contributed by atoms with E-state index in [0.717, 1.165) is 47.5 Å².